The number of halogens is 2. The van der Waals surface area contributed by atoms with Crippen LogP contribution in [0.4, 0.5) is 8.78 Å². The van der Waals surface area contributed by atoms with Crippen LogP contribution in [-0.4, -0.2) is 61.5 Å². The number of carbonyl (C=O) groups excluding carboxylic acids is 1. The lowest BCUT2D eigenvalue weighted by Crippen LogP contribution is -2.38. The van der Waals surface area contributed by atoms with E-state index < -0.39 is 47.5 Å². The molecule has 2 rings (SSSR count). The highest BCUT2D eigenvalue weighted by atomic mass is 32.2. The van der Waals surface area contributed by atoms with Gasteiger partial charge in [-0.3, -0.25) is 4.79 Å². The van der Waals surface area contributed by atoms with E-state index in [2.05, 4.69) is 9.71 Å². The third-order valence-electron chi connectivity index (χ3n) is 3.38. The number of likely N-dealkylation sites (tertiary alicyclic amines) is 1. The topological polar surface area (TPSA) is 99.6 Å². The number of pyridine rings is 1. The number of aliphatic hydroxyl groups excluding tert-OH is 1. The number of hydrogen-bond donors (Lipinski definition) is 2. The van der Waals surface area contributed by atoms with Crippen molar-refractivity contribution in [2.75, 3.05) is 20.2 Å². The smallest absolute Gasteiger partial charge is 0.267 e. The lowest BCUT2D eigenvalue weighted by molar-refractivity contribution is 0.0116. The number of carbonyl (C=O) groups is 1. The number of sulfonamides is 1. The second-order valence-corrected chi connectivity index (χ2v) is 6.76. The van der Waals surface area contributed by atoms with E-state index in [1.165, 1.54) is 13.1 Å². The lowest BCUT2D eigenvalue weighted by Gasteiger charge is -2.22. The van der Waals surface area contributed by atoms with Crippen molar-refractivity contribution >= 4 is 15.9 Å². The molecule has 2 heterocycles. The first-order valence-corrected chi connectivity index (χ1v) is 7.88. The molecule has 1 unspecified atom stereocenters. The maximum absolute atomic E-state index is 13.4. The molecule has 1 aromatic rings. The standard InChI is InChI=1S/C12H15F2N3O4S/c1-15-22(20,21)10-3-2-8(5-16-10)11(19)17-7-12(13,14)4-9(17)6-18/h2-3,5,9,15,18H,4,6-7H2,1H3. The zero-order chi connectivity index (χ0) is 16.5. The summed E-state index contributed by atoms with van der Waals surface area (Å²) >= 11 is 0. The Hall–Kier alpha value is -1.65. The Morgan fingerprint density at radius 3 is 2.73 bits per heavy atom. The maximum Gasteiger partial charge on any atom is 0.267 e. The van der Waals surface area contributed by atoms with Crippen LogP contribution in [0.25, 0.3) is 0 Å². The van der Waals surface area contributed by atoms with Crippen LogP contribution >= 0.6 is 0 Å². The van der Waals surface area contributed by atoms with Crippen LogP contribution in [0.5, 0.6) is 0 Å². The van der Waals surface area contributed by atoms with Gasteiger partial charge in [0.1, 0.15) is 0 Å². The molecule has 2 N–H and O–H groups in total. The normalized spacial score (nSPS) is 21.1. The fourth-order valence-corrected chi connectivity index (χ4v) is 2.88. The fraction of sp³-hybridized carbons (Fsp3) is 0.500. The first-order chi connectivity index (χ1) is 10.2. The first-order valence-electron chi connectivity index (χ1n) is 6.39. The van der Waals surface area contributed by atoms with Crippen LogP contribution in [0, 0.1) is 0 Å². The highest BCUT2D eigenvalue weighted by Crippen LogP contribution is 2.32. The molecule has 1 aliphatic heterocycles. The number of hydrogen-bond acceptors (Lipinski definition) is 5. The van der Waals surface area contributed by atoms with Gasteiger partial charge in [0, 0.05) is 12.6 Å². The van der Waals surface area contributed by atoms with Crippen LogP contribution in [0.15, 0.2) is 23.4 Å². The van der Waals surface area contributed by atoms with Crippen LogP contribution in [0.2, 0.25) is 0 Å². The number of rotatable bonds is 4. The average molecular weight is 335 g/mol. The molecule has 0 bridgehead atoms. The molecule has 0 saturated carbocycles. The minimum atomic E-state index is -3.74. The third-order valence-corrected chi connectivity index (χ3v) is 4.71. The quantitative estimate of drug-likeness (QED) is 0.796. The molecule has 7 nitrogen and oxygen atoms in total. The first kappa shape index (κ1) is 16.7. The van der Waals surface area contributed by atoms with Crippen LogP contribution in [0.1, 0.15) is 16.8 Å². The second kappa shape index (κ2) is 5.86. The highest BCUT2D eigenvalue weighted by molar-refractivity contribution is 7.89. The largest absolute Gasteiger partial charge is 0.394 e. The van der Waals surface area contributed by atoms with Crippen molar-refractivity contribution in [3.63, 3.8) is 0 Å². The molecular weight excluding hydrogens is 320 g/mol. The predicted molar refractivity (Wildman–Crippen MR) is 72.0 cm³/mol. The molecule has 122 valence electrons. The summed E-state index contributed by atoms with van der Waals surface area (Å²) in [6.07, 6.45) is 0.409. The zero-order valence-corrected chi connectivity index (χ0v) is 12.5. The number of nitrogens with zero attached hydrogens (tertiary/aromatic N) is 2. The van der Waals surface area contributed by atoms with Crippen molar-refractivity contribution in [2.45, 2.75) is 23.4 Å². The van der Waals surface area contributed by atoms with Gasteiger partial charge in [-0.2, -0.15) is 0 Å². The number of aromatic nitrogens is 1. The van der Waals surface area contributed by atoms with Gasteiger partial charge in [-0.25, -0.2) is 26.9 Å². The molecule has 1 atom stereocenters. The van der Waals surface area contributed by atoms with Crippen molar-refractivity contribution in [3.8, 4) is 0 Å². The van der Waals surface area contributed by atoms with E-state index in [1.54, 1.807) is 0 Å². The number of alkyl halides is 2. The van der Waals surface area contributed by atoms with Crippen molar-refractivity contribution in [1.29, 1.82) is 0 Å². The lowest BCUT2D eigenvalue weighted by atomic mass is 10.2. The third kappa shape index (κ3) is 3.23. The number of amides is 1. The Bertz CT molecular complexity index is 663. The van der Waals surface area contributed by atoms with Gasteiger partial charge in [-0.15, -0.1) is 0 Å². The molecule has 0 radical (unpaired) electrons. The van der Waals surface area contributed by atoms with E-state index in [0.29, 0.717) is 0 Å². The number of nitrogens with one attached hydrogen (secondary N) is 1. The Morgan fingerprint density at radius 1 is 1.55 bits per heavy atom. The second-order valence-electron chi connectivity index (χ2n) is 4.92. The summed E-state index contributed by atoms with van der Waals surface area (Å²) in [7, 11) is -2.52. The minimum Gasteiger partial charge on any atom is -0.394 e. The maximum atomic E-state index is 13.4. The van der Waals surface area contributed by atoms with Crippen molar-refractivity contribution in [1.82, 2.24) is 14.6 Å². The predicted octanol–water partition coefficient (Wildman–Crippen LogP) is -0.168. The van der Waals surface area contributed by atoms with Gasteiger partial charge in [-0.1, -0.05) is 0 Å². The summed E-state index contributed by atoms with van der Waals surface area (Å²) in [4.78, 5) is 16.7. The minimum absolute atomic E-state index is 0.0220. The monoisotopic (exact) mass is 335 g/mol. The van der Waals surface area contributed by atoms with Gasteiger partial charge in [-0.05, 0) is 19.2 Å². The summed E-state index contributed by atoms with van der Waals surface area (Å²) in [5.74, 6) is -3.77. The van der Waals surface area contributed by atoms with Crippen LogP contribution in [-0.2, 0) is 10.0 Å². The van der Waals surface area contributed by atoms with E-state index in [-0.39, 0.29) is 10.6 Å². The average Bonchev–Trinajstić information content (AvgIpc) is 2.81. The van der Waals surface area contributed by atoms with E-state index in [0.717, 1.165) is 17.2 Å². The van der Waals surface area contributed by atoms with Gasteiger partial charge >= 0.3 is 0 Å². The molecule has 1 saturated heterocycles. The molecular formula is C12H15F2N3O4S. The van der Waals surface area contributed by atoms with Gasteiger partial charge in [0.2, 0.25) is 0 Å². The Labute approximate surface area is 126 Å². The van der Waals surface area contributed by atoms with E-state index >= 15 is 0 Å². The molecule has 1 aromatic heterocycles. The summed E-state index contributed by atoms with van der Waals surface area (Å²) < 4.78 is 51.8. The Kier molecular flexibility index (Phi) is 4.45. The molecule has 0 aromatic carbocycles. The van der Waals surface area contributed by atoms with E-state index in [4.69, 9.17) is 5.11 Å². The van der Waals surface area contributed by atoms with Crippen LogP contribution in [0.3, 0.4) is 0 Å². The van der Waals surface area contributed by atoms with E-state index in [9.17, 15) is 22.0 Å². The van der Waals surface area contributed by atoms with Gasteiger partial charge in [0.15, 0.2) is 5.03 Å². The Balaban J connectivity index is 2.23. The molecule has 22 heavy (non-hydrogen) atoms. The fourth-order valence-electron chi connectivity index (χ4n) is 2.23. The van der Waals surface area contributed by atoms with E-state index in [1.807, 2.05) is 0 Å². The summed E-state index contributed by atoms with van der Waals surface area (Å²) in [5.41, 5.74) is -0.0220. The molecule has 1 fully saturated rings. The Morgan fingerprint density at radius 2 is 2.23 bits per heavy atom. The number of aliphatic hydroxyl groups is 1. The molecule has 1 aliphatic rings. The molecule has 0 aliphatic carbocycles. The van der Waals surface area contributed by atoms with Crippen molar-refractivity contribution in [3.05, 3.63) is 23.9 Å². The van der Waals surface area contributed by atoms with Crippen molar-refractivity contribution < 1.29 is 27.1 Å². The molecule has 0 spiro atoms. The van der Waals surface area contributed by atoms with Crippen LogP contribution < -0.4 is 4.72 Å². The zero-order valence-electron chi connectivity index (χ0n) is 11.7. The highest BCUT2D eigenvalue weighted by Gasteiger charge is 2.46. The summed E-state index contributed by atoms with van der Waals surface area (Å²) in [6.45, 7) is -1.35. The van der Waals surface area contributed by atoms with Gasteiger partial charge in [0.05, 0.1) is 24.8 Å². The SMILES string of the molecule is CNS(=O)(=O)c1ccc(C(=O)N2CC(F)(F)CC2CO)cn1. The summed E-state index contributed by atoms with van der Waals surface area (Å²) in [6, 6.07) is 1.34. The molecule has 1 amide bonds. The van der Waals surface area contributed by atoms with Gasteiger partial charge in [0.25, 0.3) is 21.9 Å². The van der Waals surface area contributed by atoms with Crippen molar-refractivity contribution in [2.24, 2.45) is 0 Å². The molecule has 10 heteroatoms. The summed E-state index contributed by atoms with van der Waals surface area (Å²) in [5, 5.41) is 8.84. The van der Waals surface area contributed by atoms with Gasteiger partial charge < -0.3 is 10.0 Å².